The molecule has 0 unspecified atom stereocenters. The van der Waals surface area contributed by atoms with Crippen molar-refractivity contribution in [3.63, 3.8) is 0 Å². The highest BCUT2D eigenvalue weighted by Crippen LogP contribution is 2.32. The van der Waals surface area contributed by atoms with Crippen molar-refractivity contribution in [1.29, 1.82) is 0 Å². The Morgan fingerprint density at radius 1 is 1.00 bits per heavy atom. The number of sulfonamides is 2. The van der Waals surface area contributed by atoms with Gasteiger partial charge in [0.1, 0.15) is 10.6 Å². The standard InChI is InChI=1S/C22H30N2O7S2/c1-4-31-20-10-8-18(24-13-5-6-14-32(24,25)26)16-22(20)33(27,28)23-12-11-17-7-9-19(29-2)21(15-17)30-3/h7-10,15-16,23H,4-6,11-14H2,1-3H3. The number of rotatable bonds is 10. The molecule has 1 heterocycles. The number of methoxy groups -OCH3 is 2. The molecule has 1 fully saturated rings. The van der Waals surface area contributed by atoms with E-state index in [-0.39, 0.29) is 29.5 Å². The first-order valence-electron chi connectivity index (χ1n) is 10.7. The maximum atomic E-state index is 13.1. The Morgan fingerprint density at radius 2 is 1.73 bits per heavy atom. The van der Waals surface area contributed by atoms with Crippen LogP contribution in [0.15, 0.2) is 41.3 Å². The van der Waals surface area contributed by atoms with E-state index < -0.39 is 20.0 Å². The molecule has 182 valence electrons. The highest BCUT2D eigenvalue weighted by atomic mass is 32.2. The maximum Gasteiger partial charge on any atom is 0.244 e. The highest BCUT2D eigenvalue weighted by molar-refractivity contribution is 7.92. The van der Waals surface area contributed by atoms with Crippen LogP contribution in [-0.4, -0.2) is 56.5 Å². The lowest BCUT2D eigenvalue weighted by Crippen LogP contribution is -2.38. The van der Waals surface area contributed by atoms with Crippen LogP contribution < -0.4 is 23.2 Å². The lowest BCUT2D eigenvalue weighted by molar-refractivity contribution is 0.331. The molecule has 2 aromatic carbocycles. The Kier molecular flexibility index (Phi) is 8.09. The van der Waals surface area contributed by atoms with Crippen molar-refractivity contribution < 1.29 is 31.0 Å². The fourth-order valence-electron chi connectivity index (χ4n) is 3.66. The summed E-state index contributed by atoms with van der Waals surface area (Å²) in [5.41, 5.74) is 1.19. The molecule has 0 saturated carbocycles. The number of hydrogen-bond donors (Lipinski definition) is 1. The Hall–Kier alpha value is -2.50. The molecule has 3 rings (SSSR count). The van der Waals surface area contributed by atoms with Crippen LogP contribution in [0.2, 0.25) is 0 Å². The molecule has 0 spiro atoms. The summed E-state index contributed by atoms with van der Waals surface area (Å²) >= 11 is 0. The predicted molar refractivity (Wildman–Crippen MR) is 126 cm³/mol. The van der Waals surface area contributed by atoms with Crippen molar-refractivity contribution in [3.8, 4) is 17.2 Å². The molecule has 0 aromatic heterocycles. The van der Waals surface area contributed by atoms with Gasteiger partial charge in [-0.15, -0.1) is 0 Å². The van der Waals surface area contributed by atoms with E-state index in [4.69, 9.17) is 14.2 Å². The van der Waals surface area contributed by atoms with Crippen molar-refractivity contribution in [2.45, 2.75) is 31.1 Å². The third kappa shape index (κ3) is 5.90. The second-order valence-corrected chi connectivity index (χ2v) is 11.2. The molecular formula is C22H30N2O7S2. The van der Waals surface area contributed by atoms with Gasteiger partial charge in [0.05, 0.1) is 32.3 Å². The zero-order valence-corrected chi connectivity index (χ0v) is 20.7. The van der Waals surface area contributed by atoms with E-state index in [0.29, 0.717) is 36.6 Å². The van der Waals surface area contributed by atoms with Crippen molar-refractivity contribution in [3.05, 3.63) is 42.0 Å². The lowest BCUT2D eigenvalue weighted by atomic mass is 10.1. The molecular weight excluding hydrogens is 468 g/mol. The number of nitrogens with one attached hydrogen (secondary N) is 1. The van der Waals surface area contributed by atoms with E-state index in [1.807, 2.05) is 6.07 Å². The van der Waals surface area contributed by atoms with Crippen LogP contribution in [0.4, 0.5) is 5.69 Å². The summed E-state index contributed by atoms with van der Waals surface area (Å²) in [4.78, 5) is -0.0880. The van der Waals surface area contributed by atoms with Crippen molar-refractivity contribution in [2.24, 2.45) is 0 Å². The van der Waals surface area contributed by atoms with Gasteiger partial charge in [0.2, 0.25) is 20.0 Å². The fraction of sp³-hybridized carbons (Fsp3) is 0.455. The van der Waals surface area contributed by atoms with Crippen LogP contribution in [-0.2, 0) is 26.5 Å². The maximum absolute atomic E-state index is 13.1. The Morgan fingerprint density at radius 3 is 2.39 bits per heavy atom. The summed E-state index contributed by atoms with van der Waals surface area (Å²) < 4.78 is 71.1. The summed E-state index contributed by atoms with van der Waals surface area (Å²) in [6.45, 7) is 2.48. The number of ether oxygens (including phenoxy) is 3. The number of benzene rings is 2. The van der Waals surface area contributed by atoms with Gasteiger partial charge < -0.3 is 14.2 Å². The first-order chi connectivity index (χ1) is 15.7. The molecule has 11 heteroatoms. The fourth-order valence-corrected chi connectivity index (χ4v) is 6.48. The predicted octanol–water partition coefficient (Wildman–Crippen LogP) is 2.55. The third-order valence-electron chi connectivity index (χ3n) is 5.31. The second-order valence-electron chi connectivity index (χ2n) is 7.50. The summed E-state index contributed by atoms with van der Waals surface area (Å²) in [5, 5.41) is 0. The molecule has 1 aliphatic rings. The van der Waals surface area contributed by atoms with Crippen LogP contribution >= 0.6 is 0 Å². The molecule has 1 N–H and O–H groups in total. The second kappa shape index (κ2) is 10.6. The molecule has 2 aromatic rings. The van der Waals surface area contributed by atoms with Crippen LogP contribution in [0.5, 0.6) is 17.2 Å². The zero-order chi connectivity index (χ0) is 24.1. The topological polar surface area (TPSA) is 111 Å². The van der Waals surface area contributed by atoms with Gasteiger partial charge in [0.25, 0.3) is 0 Å². The minimum atomic E-state index is -3.96. The van der Waals surface area contributed by atoms with E-state index in [9.17, 15) is 16.8 Å². The van der Waals surface area contributed by atoms with E-state index in [1.54, 1.807) is 32.2 Å². The lowest BCUT2D eigenvalue weighted by Gasteiger charge is -2.28. The Labute approximate surface area is 195 Å². The first kappa shape index (κ1) is 25.1. The van der Waals surface area contributed by atoms with Crippen LogP contribution in [0.1, 0.15) is 25.3 Å². The number of anilines is 1. The number of hydrogen-bond acceptors (Lipinski definition) is 7. The molecule has 0 bridgehead atoms. The Bertz CT molecular complexity index is 1180. The SMILES string of the molecule is CCOc1ccc(N2CCCCS2(=O)=O)cc1S(=O)(=O)NCCc1ccc(OC)c(OC)c1. The Balaban J connectivity index is 1.82. The summed E-state index contributed by atoms with van der Waals surface area (Å²) in [5.74, 6) is 1.38. The van der Waals surface area contributed by atoms with Crippen molar-refractivity contribution >= 4 is 25.7 Å². The quantitative estimate of drug-likeness (QED) is 0.536. The normalized spacial score (nSPS) is 15.8. The van der Waals surface area contributed by atoms with Crippen molar-refractivity contribution in [1.82, 2.24) is 4.72 Å². The number of nitrogens with zero attached hydrogens (tertiary/aromatic N) is 1. The molecule has 0 atom stereocenters. The molecule has 1 saturated heterocycles. The van der Waals surface area contributed by atoms with E-state index in [2.05, 4.69) is 4.72 Å². The molecule has 0 radical (unpaired) electrons. The summed E-state index contributed by atoms with van der Waals surface area (Å²) in [6, 6.07) is 9.84. The van der Waals surface area contributed by atoms with Gasteiger partial charge in [0.15, 0.2) is 11.5 Å². The average molecular weight is 499 g/mol. The van der Waals surface area contributed by atoms with Gasteiger partial charge in [-0.3, -0.25) is 4.31 Å². The smallest absolute Gasteiger partial charge is 0.244 e. The molecule has 0 aliphatic carbocycles. The minimum Gasteiger partial charge on any atom is -0.493 e. The summed E-state index contributed by atoms with van der Waals surface area (Å²) in [7, 11) is -4.35. The van der Waals surface area contributed by atoms with Crippen molar-refractivity contribution in [2.75, 3.05) is 44.0 Å². The van der Waals surface area contributed by atoms with Gasteiger partial charge in [-0.25, -0.2) is 21.6 Å². The molecule has 9 nitrogen and oxygen atoms in total. The van der Waals surface area contributed by atoms with E-state index >= 15 is 0 Å². The van der Waals surface area contributed by atoms with Crippen LogP contribution in [0.3, 0.4) is 0 Å². The molecule has 33 heavy (non-hydrogen) atoms. The summed E-state index contributed by atoms with van der Waals surface area (Å²) in [6.07, 6.45) is 1.74. The van der Waals surface area contributed by atoms with Gasteiger partial charge in [-0.2, -0.15) is 0 Å². The molecule has 1 aliphatic heterocycles. The van der Waals surface area contributed by atoms with Gasteiger partial charge in [0, 0.05) is 13.1 Å². The zero-order valence-electron chi connectivity index (χ0n) is 19.0. The molecule has 0 amide bonds. The van der Waals surface area contributed by atoms with Gasteiger partial charge in [-0.05, 0) is 62.1 Å². The minimum absolute atomic E-state index is 0.0475. The van der Waals surface area contributed by atoms with Gasteiger partial charge in [-0.1, -0.05) is 6.07 Å². The van der Waals surface area contributed by atoms with Gasteiger partial charge >= 0.3 is 0 Å². The third-order valence-corrected chi connectivity index (χ3v) is 8.66. The first-order valence-corrected chi connectivity index (χ1v) is 13.8. The highest BCUT2D eigenvalue weighted by Gasteiger charge is 2.28. The monoisotopic (exact) mass is 498 g/mol. The van der Waals surface area contributed by atoms with E-state index in [0.717, 1.165) is 12.0 Å². The van der Waals surface area contributed by atoms with E-state index in [1.165, 1.54) is 23.5 Å². The van der Waals surface area contributed by atoms with Crippen LogP contribution in [0.25, 0.3) is 0 Å². The average Bonchev–Trinajstić information content (AvgIpc) is 2.79. The largest absolute Gasteiger partial charge is 0.493 e. The van der Waals surface area contributed by atoms with Crippen LogP contribution in [0, 0.1) is 0 Å².